The highest BCUT2D eigenvalue weighted by molar-refractivity contribution is 8.76. The Labute approximate surface area is 131 Å². The molecule has 4 rings (SSSR count). The van der Waals surface area contributed by atoms with Gasteiger partial charge in [0, 0.05) is 9.79 Å². The minimum atomic E-state index is 1.08. The van der Waals surface area contributed by atoms with Crippen molar-refractivity contribution in [1.29, 1.82) is 0 Å². The normalized spacial score (nSPS) is 11.4. The van der Waals surface area contributed by atoms with Gasteiger partial charge < -0.3 is 0 Å². The minimum absolute atomic E-state index is 1.08. The Bertz CT molecular complexity index is 807. The molecule has 2 nitrogen and oxygen atoms in total. The molecule has 0 amide bonds. The molecule has 0 aliphatic rings. The highest BCUT2D eigenvalue weighted by Gasteiger charge is 2.03. The summed E-state index contributed by atoms with van der Waals surface area (Å²) in [5, 5.41) is 0. The number of nitrogens with zero attached hydrogens (tertiary/aromatic N) is 2. The van der Waals surface area contributed by atoms with Gasteiger partial charge in [-0.05, 0) is 36.4 Å². The molecule has 0 spiro atoms. The molecule has 2 heterocycles. The largest absolute Gasteiger partial charge is 0.245 e. The predicted octanol–water partition coefficient (Wildman–Crippen LogP) is 5.71. The third-order valence-electron chi connectivity index (χ3n) is 2.84. The highest BCUT2D eigenvalue weighted by Crippen LogP contribution is 2.39. The molecular weight excluding hydrogens is 324 g/mol. The topological polar surface area (TPSA) is 25.8 Å². The fourth-order valence-electron chi connectivity index (χ4n) is 1.88. The molecule has 0 unspecified atom stereocenters. The zero-order chi connectivity index (χ0) is 13.4. The summed E-state index contributed by atoms with van der Waals surface area (Å²) < 4.78 is 2.48. The molecule has 0 N–H and O–H groups in total. The second kappa shape index (κ2) is 5.37. The van der Waals surface area contributed by atoms with Crippen LogP contribution in [0.2, 0.25) is 0 Å². The van der Waals surface area contributed by atoms with Crippen molar-refractivity contribution >= 4 is 64.7 Å². The molecule has 0 aliphatic carbocycles. The van der Waals surface area contributed by atoms with Crippen molar-refractivity contribution in [1.82, 2.24) is 9.97 Å². The van der Waals surface area contributed by atoms with Gasteiger partial charge in [0.15, 0.2) is 0 Å². The van der Waals surface area contributed by atoms with Gasteiger partial charge in [-0.2, -0.15) is 0 Å². The monoisotopic (exact) mass is 332 g/mol. The molecule has 0 fully saturated rings. The van der Waals surface area contributed by atoms with Gasteiger partial charge >= 0.3 is 0 Å². The Balaban J connectivity index is 1.56. The van der Waals surface area contributed by atoms with E-state index in [0.717, 1.165) is 11.0 Å². The molecule has 2 aromatic heterocycles. The Morgan fingerprint density at radius 1 is 0.700 bits per heavy atom. The van der Waals surface area contributed by atoms with E-state index in [-0.39, 0.29) is 0 Å². The van der Waals surface area contributed by atoms with Crippen LogP contribution in [0.15, 0.2) is 57.2 Å². The number of aromatic nitrogens is 2. The zero-order valence-electron chi connectivity index (χ0n) is 10.1. The second-order valence-electron chi connectivity index (χ2n) is 4.13. The number of hydrogen-bond donors (Lipinski definition) is 0. The van der Waals surface area contributed by atoms with Gasteiger partial charge in [0.2, 0.25) is 0 Å². The van der Waals surface area contributed by atoms with Crippen LogP contribution in [-0.2, 0) is 0 Å². The van der Waals surface area contributed by atoms with Crippen LogP contribution in [0.3, 0.4) is 0 Å². The first kappa shape index (κ1) is 12.6. The first-order chi connectivity index (χ1) is 9.88. The minimum Gasteiger partial charge on any atom is -0.245 e. The Hall–Kier alpha value is -1.08. The van der Waals surface area contributed by atoms with Crippen molar-refractivity contribution in [2.24, 2.45) is 0 Å². The third kappa shape index (κ3) is 2.44. The van der Waals surface area contributed by atoms with Crippen LogP contribution >= 0.6 is 44.3 Å². The number of fused-ring (bicyclic) bond motifs is 2. The summed E-state index contributed by atoms with van der Waals surface area (Å²) in [7, 11) is 3.52. The Morgan fingerprint density at radius 2 is 1.20 bits per heavy atom. The summed E-state index contributed by atoms with van der Waals surface area (Å²) in [6.07, 6.45) is 0. The lowest BCUT2D eigenvalue weighted by atomic mass is 10.3. The van der Waals surface area contributed by atoms with E-state index in [1.165, 1.54) is 19.2 Å². The van der Waals surface area contributed by atoms with Crippen molar-refractivity contribution in [2.75, 3.05) is 0 Å². The fourth-order valence-corrected chi connectivity index (χ4v) is 5.15. The molecule has 20 heavy (non-hydrogen) atoms. The standard InChI is InChI=1S/C14H8N2S4/c1-3-13-11(15-7-17-13)5-9(1)19-20-10-2-4-14-12(6-10)16-8-18-14/h1-8H. The quantitative estimate of drug-likeness (QED) is 0.449. The van der Waals surface area contributed by atoms with Crippen molar-refractivity contribution in [3.8, 4) is 0 Å². The summed E-state index contributed by atoms with van der Waals surface area (Å²) in [6.45, 7) is 0. The molecule has 4 aromatic rings. The average Bonchev–Trinajstić information content (AvgIpc) is 3.12. The summed E-state index contributed by atoms with van der Waals surface area (Å²) in [5.74, 6) is 0. The van der Waals surface area contributed by atoms with Gasteiger partial charge in [0.25, 0.3) is 0 Å². The van der Waals surface area contributed by atoms with Crippen molar-refractivity contribution in [3.05, 3.63) is 47.4 Å². The van der Waals surface area contributed by atoms with Crippen LogP contribution in [0.25, 0.3) is 20.4 Å². The molecule has 0 aliphatic heterocycles. The average molecular weight is 333 g/mol. The Kier molecular flexibility index (Phi) is 3.39. The van der Waals surface area contributed by atoms with Crippen LogP contribution in [0.4, 0.5) is 0 Å². The van der Waals surface area contributed by atoms with Crippen LogP contribution < -0.4 is 0 Å². The first-order valence-electron chi connectivity index (χ1n) is 5.89. The molecule has 6 heteroatoms. The lowest BCUT2D eigenvalue weighted by molar-refractivity contribution is 1.44. The van der Waals surface area contributed by atoms with Crippen LogP contribution in [0.1, 0.15) is 0 Å². The van der Waals surface area contributed by atoms with Crippen molar-refractivity contribution < 1.29 is 0 Å². The van der Waals surface area contributed by atoms with Gasteiger partial charge in [-0.3, -0.25) is 0 Å². The van der Waals surface area contributed by atoms with E-state index in [9.17, 15) is 0 Å². The van der Waals surface area contributed by atoms with Gasteiger partial charge in [0.05, 0.1) is 31.5 Å². The zero-order valence-corrected chi connectivity index (χ0v) is 13.4. The number of hydrogen-bond acceptors (Lipinski definition) is 6. The lowest BCUT2D eigenvalue weighted by Gasteiger charge is -2.01. The van der Waals surface area contributed by atoms with E-state index in [4.69, 9.17) is 0 Å². The van der Waals surface area contributed by atoms with E-state index in [0.29, 0.717) is 0 Å². The van der Waals surface area contributed by atoms with E-state index in [1.54, 1.807) is 44.3 Å². The summed E-state index contributed by atoms with van der Waals surface area (Å²) in [4.78, 5) is 11.2. The lowest BCUT2D eigenvalue weighted by Crippen LogP contribution is -1.72. The molecular formula is C14H8N2S4. The molecule has 0 atom stereocenters. The van der Waals surface area contributed by atoms with Crippen LogP contribution in [-0.4, -0.2) is 9.97 Å². The smallest absolute Gasteiger partial charge is 0.0823 e. The SMILES string of the molecule is c1nc2cc(SSc3ccc4scnc4c3)ccc2s1. The summed E-state index contributed by atoms with van der Waals surface area (Å²) in [5.41, 5.74) is 5.94. The molecule has 98 valence electrons. The number of rotatable bonds is 3. The van der Waals surface area contributed by atoms with E-state index < -0.39 is 0 Å². The maximum absolute atomic E-state index is 4.36. The number of benzene rings is 2. The fraction of sp³-hybridized carbons (Fsp3) is 0. The molecule has 0 bridgehead atoms. The van der Waals surface area contributed by atoms with Gasteiger partial charge in [-0.1, -0.05) is 21.6 Å². The first-order valence-corrected chi connectivity index (χ1v) is 9.80. The maximum atomic E-state index is 4.36. The molecule has 2 aromatic carbocycles. The second-order valence-corrected chi connectivity index (χ2v) is 8.18. The van der Waals surface area contributed by atoms with Crippen molar-refractivity contribution in [3.63, 3.8) is 0 Å². The molecule has 0 saturated heterocycles. The summed E-state index contributed by atoms with van der Waals surface area (Å²) >= 11 is 3.36. The number of thiazole rings is 2. The van der Waals surface area contributed by atoms with E-state index >= 15 is 0 Å². The third-order valence-corrected chi connectivity index (χ3v) is 6.84. The Morgan fingerprint density at radius 3 is 1.70 bits per heavy atom. The van der Waals surface area contributed by atoms with Crippen LogP contribution in [0, 0.1) is 0 Å². The van der Waals surface area contributed by atoms with Crippen molar-refractivity contribution in [2.45, 2.75) is 9.79 Å². The van der Waals surface area contributed by atoms with Gasteiger partial charge in [-0.15, -0.1) is 22.7 Å². The highest BCUT2D eigenvalue weighted by atomic mass is 33.1. The molecule has 0 radical (unpaired) electrons. The maximum Gasteiger partial charge on any atom is 0.0823 e. The van der Waals surface area contributed by atoms with E-state index in [2.05, 4.69) is 46.4 Å². The van der Waals surface area contributed by atoms with Gasteiger partial charge in [-0.25, -0.2) is 9.97 Å². The predicted molar refractivity (Wildman–Crippen MR) is 91.0 cm³/mol. The van der Waals surface area contributed by atoms with Crippen LogP contribution in [0.5, 0.6) is 0 Å². The molecule has 0 saturated carbocycles. The van der Waals surface area contributed by atoms with E-state index in [1.807, 2.05) is 11.0 Å². The van der Waals surface area contributed by atoms with Gasteiger partial charge in [0.1, 0.15) is 0 Å². The summed E-state index contributed by atoms with van der Waals surface area (Å²) in [6, 6.07) is 12.9.